The smallest absolute Gasteiger partial charge is 0.267 e. The fourth-order valence-corrected chi connectivity index (χ4v) is 4.34. The number of carbonyl (C=O) groups excluding carboxylic acids is 1. The average Bonchev–Trinajstić information content (AvgIpc) is 3.50. The maximum Gasteiger partial charge on any atom is 0.267 e. The number of benzene rings is 2. The van der Waals surface area contributed by atoms with E-state index in [-0.39, 0.29) is 18.2 Å². The maximum absolute atomic E-state index is 13.3. The second-order valence-electron chi connectivity index (χ2n) is 7.48. The normalized spacial score (nSPS) is 15.9. The minimum Gasteiger partial charge on any atom is -0.504 e. The van der Waals surface area contributed by atoms with Gasteiger partial charge in [0, 0.05) is 0 Å². The summed E-state index contributed by atoms with van der Waals surface area (Å²) in [5.74, 6) is 1.95. The molecule has 1 aliphatic heterocycles. The van der Waals surface area contributed by atoms with Gasteiger partial charge in [0.05, 0.1) is 44.8 Å². The topological polar surface area (TPSA) is 106 Å². The van der Waals surface area contributed by atoms with E-state index in [0.717, 1.165) is 5.56 Å². The second kappa shape index (κ2) is 11.5. The van der Waals surface area contributed by atoms with Gasteiger partial charge in [-0.3, -0.25) is 9.69 Å². The summed E-state index contributed by atoms with van der Waals surface area (Å²) in [5.41, 5.74) is 1.47. The Hall–Kier alpha value is -4.18. The van der Waals surface area contributed by atoms with E-state index in [1.165, 1.54) is 22.7 Å². The molecule has 1 aromatic heterocycles. The molecular formula is C26H25N3O6S. The average molecular weight is 508 g/mol. The number of ether oxygens (including phenoxy) is 3. The zero-order valence-corrected chi connectivity index (χ0v) is 20.8. The van der Waals surface area contributed by atoms with Crippen molar-refractivity contribution < 1.29 is 28.5 Å². The van der Waals surface area contributed by atoms with Gasteiger partial charge in [-0.05, 0) is 78.4 Å². The fraction of sp³-hybridized carbons (Fsp3) is 0.192. The predicted octanol–water partition coefficient (Wildman–Crippen LogP) is 4.91. The van der Waals surface area contributed by atoms with Gasteiger partial charge >= 0.3 is 0 Å². The van der Waals surface area contributed by atoms with E-state index in [1.807, 2.05) is 13.0 Å². The molecule has 0 radical (unpaired) electrons. The van der Waals surface area contributed by atoms with Crippen molar-refractivity contribution in [1.29, 1.82) is 0 Å². The molecule has 2 aromatic carbocycles. The molecular weight excluding hydrogens is 482 g/mol. The molecule has 10 heteroatoms. The number of amidine groups is 1. The van der Waals surface area contributed by atoms with Gasteiger partial charge in [-0.2, -0.15) is 5.10 Å². The van der Waals surface area contributed by atoms with Crippen LogP contribution in [0.3, 0.4) is 0 Å². The summed E-state index contributed by atoms with van der Waals surface area (Å²) >= 11 is 1.20. The molecule has 1 aliphatic rings. The van der Waals surface area contributed by atoms with E-state index in [4.69, 9.17) is 18.6 Å². The number of aromatic hydroxyl groups is 1. The standard InChI is InChI=1S/C26H25N3O6S/c1-4-34-22-12-17(7-9-20(22)30)14-24-25(31)29(16-19-6-5-11-35-19)26(36-24)28-27-15-18-8-10-21(32-2)23(13-18)33-3/h5-15,30H,4,16H2,1-3H3/b24-14-,27-15-,28-26+. The third-order valence-corrected chi connectivity index (χ3v) is 6.12. The number of rotatable bonds is 9. The second-order valence-corrected chi connectivity index (χ2v) is 8.49. The minimum absolute atomic E-state index is 0.0376. The highest BCUT2D eigenvalue weighted by atomic mass is 32.2. The van der Waals surface area contributed by atoms with Crippen molar-refractivity contribution >= 4 is 35.1 Å². The van der Waals surface area contributed by atoms with E-state index in [0.29, 0.717) is 45.3 Å². The largest absolute Gasteiger partial charge is 0.504 e. The van der Waals surface area contributed by atoms with Gasteiger partial charge < -0.3 is 23.7 Å². The zero-order valence-electron chi connectivity index (χ0n) is 20.0. The van der Waals surface area contributed by atoms with Crippen LogP contribution in [-0.2, 0) is 11.3 Å². The molecule has 1 fully saturated rings. The molecule has 9 nitrogen and oxygen atoms in total. The number of amides is 1. The number of nitrogens with zero attached hydrogens (tertiary/aromatic N) is 3. The van der Waals surface area contributed by atoms with E-state index < -0.39 is 0 Å². The van der Waals surface area contributed by atoms with Crippen molar-refractivity contribution in [2.24, 2.45) is 10.2 Å². The van der Waals surface area contributed by atoms with Gasteiger partial charge in [-0.1, -0.05) is 6.07 Å². The number of methoxy groups -OCH3 is 2. The summed E-state index contributed by atoms with van der Waals surface area (Å²) in [6.45, 7) is 2.45. The van der Waals surface area contributed by atoms with Crippen molar-refractivity contribution in [1.82, 2.24) is 4.90 Å². The zero-order chi connectivity index (χ0) is 25.5. The molecule has 1 N–H and O–H groups in total. The summed E-state index contributed by atoms with van der Waals surface area (Å²) in [4.78, 5) is 15.2. The van der Waals surface area contributed by atoms with Gasteiger partial charge in [-0.25, -0.2) is 0 Å². The molecule has 1 amide bonds. The van der Waals surface area contributed by atoms with Crippen LogP contribution in [-0.4, -0.2) is 48.1 Å². The van der Waals surface area contributed by atoms with E-state index >= 15 is 0 Å². The molecule has 0 saturated carbocycles. The molecule has 2 heterocycles. The lowest BCUT2D eigenvalue weighted by molar-refractivity contribution is -0.122. The van der Waals surface area contributed by atoms with Crippen LogP contribution in [0.15, 0.2) is 74.3 Å². The van der Waals surface area contributed by atoms with E-state index in [2.05, 4.69) is 10.2 Å². The summed E-state index contributed by atoms with van der Waals surface area (Å²) in [6.07, 6.45) is 4.85. The molecule has 0 aliphatic carbocycles. The fourth-order valence-electron chi connectivity index (χ4n) is 3.40. The van der Waals surface area contributed by atoms with Crippen LogP contribution in [0.5, 0.6) is 23.0 Å². The first kappa shape index (κ1) is 24.9. The molecule has 186 valence electrons. The van der Waals surface area contributed by atoms with Crippen molar-refractivity contribution in [3.8, 4) is 23.0 Å². The number of phenols is 1. The van der Waals surface area contributed by atoms with Gasteiger partial charge in [0.2, 0.25) is 0 Å². The van der Waals surface area contributed by atoms with Crippen molar-refractivity contribution in [2.75, 3.05) is 20.8 Å². The van der Waals surface area contributed by atoms with E-state index in [9.17, 15) is 9.90 Å². The van der Waals surface area contributed by atoms with Crippen LogP contribution in [0.1, 0.15) is 23.8 Å². The molecule has 1 saturated heterocycles. The van der Waals surface area contributed by atoms with Gasteiger partial charge in [-0.15, -0.1) is 5.10 Å². The molecule has 36 heavy (non-hydrogen) atoms. The summed E-state index contributed by atoms with van der Waals surface area (Å²) in [6, 6.07) is 13.9. The predicted molar refractivity (Wildman–Crippen MR) is 139 cm³/mol. The SMILES string of the molecule is CCOc1cc(/C=C2\S/C(=N/N=C\c3ccc(OC)c(OC)c3)N(Cc3ccco3)C2=O)ccc1O. The number of hydrogen-bond acceptors (Lipinski definition) is 9. The third kappa shape index (κ3) is 5.72. The Bertz CT molecular complexity index is 1320. The van der Waals surface area contributed by atoms with Gasteiger partial charge in [0.25, 0.3) is 5.91 Å². The lowest BCUT2D eigenvalue weighted by Gasteiger charge is -2.12. The molecule has 0 unspecified atom stereocenters. The molecule has 0 spiro atoms. The maximum atomic E-state index is 13.3. The van der Waals surface area contributed by atoms with Gasteiger partial charge in [0.1, 0.15) is 5.76 Å². The first-order chi connectivity index (χ1) is 17.5. The highest BCUT2D eigenvalue weighted by Gasteiger charge is 2.34. The van der Waals surface area contributed by atoms with Crippen molar-refractivity contribution in [3.05, 3.63) is 76.6 Å². The lowest BCUT2D eigenvalue weighted by Crippen LogP contribution is -2.28. The minimum atomic E-state index is -0.234. The first-order valence-electron chi connectivity index (χ1n) is 11.0. The van der Waals surface area contributed by atoms with Gasteiger partial charge in [0.15, 0.2) is 28.2 Å². The van der Waals surface area contributed by atoms with Crippen molar-refractivity contribution in [2.45, 2.75) is 13.5 Å². The summed E-state index contributed by atoms with van der Waals surface area (Å²) < 4.78 is 21.5. The molecule has 0 bridgehead atoms. The number of hydrogen-bond donors (Lipinski definition) is 1. The Morgan fingerprint density at radius 3 is 2.56 bits per heavy atom. The van der Waals surface area contributed by atoms with Crippen LogP contribution in [0.2, 0.25) is 0 Å². The van der Waals surface area contributed by atoms with Crippen LogP contribution >= 0.6 is 11.8 Å². The number of furan rings is 1. The summed E-state index contributed by atoms with van der Waals surface area (Å²) in [5, 5.41) is 18.9. The Morgan fingerprint density at radius 1 is 1.06 bits per heavy atom. The van der Waals surface area contributed by atoms with E-state index in [1.54, 1.807) is 69.2 Å². The summed E-state index contributed by atoms with van der Waals surface area (Å²) in [7, 11) is 3.13. The Labute approximate surface area is 212 Å². The Morgan fingerprint density at radius 2 is 1.83 bits per heavy atom. The third-order valence-electron chi connectivity index (χ3n) is 5.12. The quantitative estimate of drug-likeness (QED) is 0.249. The van der Waals surface area contributed by atoms with Crippen LogP contribution in [0.4, 0.5) is 0 Å². The van der Waals surface area contributed by atoms with Crippen LogP contribution < -0.4 is 14.2 Å². The Balaban J connectivity index is 1.62. The monoisotopic (exact) mass is 507 g/mol. The van der Waals surface area contributed by atoms with Crippen LogP contribution in [0, 0.1) is 0 Å². The molecule has 3 aromatic rings. The molecule has 4 rings (SSSR count). The van der Waals surface area contributed by atoms with Crippen LogP contribution in [0.25, 0.3) is 6.08 Å². The Kier molecular flexibility index (Phi) is 7.96. The number of phenolic OH excluding ortho intramolecular Hbond substituents is 1. The van der Waals surface area contributed by atoms with Crippen molar-refractivity contribution in [3.63, 3.8) is 0 Å². The number of thioether (sulfide) groups is 1. The lowest BCUT2D eigenvalue weighted by atomic mass is 10.2. The number of carbonyl (C=O) groups is 1. The highest BCUT2D eigenvalue weighted by molar-refractivity contribution is 8.18. The molecule has 0 atom stereocenters. The first-order valence-corrected chi connectivity index (χ1v) is 11.9. The highest BCUT2D eigenvalue weighted by Crippen LogP contribution is 2.35.